The molecule has 14 heavy (non-hydrogen) atoms. The Morgan fingerprint density at radius 2 is 2.29 bits per heavy atom. The second kappa shape index (κ2) is 3.37. The fourth-order valence-corrected chi connectivity index (χ4v) is 1.30. The number of imidazole rings is 1. The lowest BCUT2D eigenvalue weighted by molar-refractivity contribution is 0.892. The minimum atomic E-state index is -0.190. The molecule has 0 amide bonds. The topological polar surface area (TPSA) is 62.2 Å². The fourth-order valence-electron chi connectivity index (χ4n) is 1.30. The smallest absolute Gasteiger partial charge is 0.312 e. The van der Waals surface area contributed by atoms with Crippen molar-refractivity contribution in [2.45, 2.75) is 0 Å². The van der Waals surface area contributed by atoms with Gasteiger partial charge in [0.2, 0.25) is 0 Å². The molecular weight excluding hydrogens is 180 g/mol. The zero-order valence-electron chi connectivity index (χ0n) is 7.69. The van der Waals surface area contributed by atoms with E-state index in [2.05, 4.69) is 15.5 Å². The maximum absolute atomic E-state index is 11.4. The molecule has 1 aromatic heterocycles. The number of nitrogens with zero attached hydrogens (tertiary/aromatic N) is 2. The number of rotatable bonds is 2. The van der Waals surface area contributed by atoms with Gasteiger partial charge in [0.15, 0.2) is 0 Å². The Morgan fingerprint density at radius 1 is 1.50 bits per heavy atom. The van der Waals surface area contributed by atoms with Gasteiger partial charge in [-0.25, -0.2) is 9.36 Å². The van der Waals surface area contributed by atoms with Crippen molar-refractivity contribution >= 4 is 17.4 Å². The van der Waals surface area contributed by atoms with E-state index in [1.807, 2.05) is 24.3 Å². The van der Waals surface area contributed by atoms with Gasteiger partial charge in [0.05, 0.1) is 11.0 Å². The molecule has 2 N–H and O–H groups in total. The molecule has 0 aliphatic rings. The first-order valence-electron chi connectivity index (χ1n) is 4.22. The van der Waals surface area contributed by atoms with Crippen molar-refractivity contribution in [2.75, 3.05) is 7.05 Å². The number of aromatic nitrogens is 2. The van der Waals surface area contributed by atoms with E-state index in [0.717, 1.165) is 11.0 Å². The van der Waals surface area contributed by atoms with Crippen LogP contribution in [0.4, 0.5) is 0 Å². The van der Waals surface area contributed by atoms with Crippen LogP contribution < -0.4 is 11.1 Å². The van der Waals surface area contributed by atoms with Gasteiger partial charge in [0, 0.05) is 7.05 Å². The van der Waals surface area contributed by atoms with E-state index in [0.29, 0.717) is 0 Å². The van der Waals surface area contributed by atoms with Gasteiger partial charge in [-0.15, -0.1) is 0 Å². The predicted octanol–water partition coefficient (Wildman–Crippen LogP) is 0.340. The summed E-state index contributed by atoms with van der Waals surface area (Å²) in [6.45, 7) is 0. The van der Waals surface area contributed by atoms with E-state index in [9.17, 15) is 4.79 Å². The zero-order valence-corrected chi connectivity index (χ0v) is 7.69. The quantitative estimate of drug-likeness (QED) is 0.407. The molecule has 0 bridgehead atoms. The van der Waals surface area contributed by atoms with E-state index in [4.69, 9.17) is 0 Å². The van der Waals surface area contributed by atoms with Gasteiger partial charge in [-0.1, -0.05) is 12.1 Å². The van der Waals surface area contributed by atoms with Crippen LogP contribution in [-0.4, -0.2) is 22.9 Å². The summed E-state index contributed by atoms with van der Waals surface area (Å²) in [6, 6.07) is 7.45. The van der Waals surface area contributed by atoms with Crippen molar-refractivity contribution in [3.63, 3.8) is 0 Å². The van der Waals surface area contributed by atoms with Gasteiger partial charge in [-0.2, -0.15) is 5.10 Å². The van der Waals surface area contributed by atoms with Gasteiger partial charge >= 0.3 is 5.69 Å². The standard InChI is InChI=1S/C9H10N4O/c1-10-11-6-13-8-5-3-2-4-7(8)12-9(13)14/h2-6,10H,1H3,(H,12,14)/b11-6+. The number of fused-ring (bicyclic) bond motifs is 1. The van der Waals surface area contributed by atoms with Crippen LogP contribution in [-0.2, 0) is 0 Å². The Morgan fingerprint density at radius 3 is 3.07 bits per heavy atom. The maximum atomic E-state index is 11.4. The van der Waals surface area contributed by atoms with Crippen molar-refractivity contribution in [3.8, 4) is 0 Å². The SMILES string of the molecule is CN/N=C/n1c(=O)[nH]c2ccccc21. The second-order valence-electron chi connectivity index (χ2n) is 2.79. The summed E-state index contributed by atoms with van der Waals surface area (Å²) in [5.41, 5.74) is 4.03. The van der Waals surface area contributed by atoms with Crippen molar-refractivity contribution in [2.24, 2.45) is 5.10 Å². The Labute approximate surface area is 80.1 Å². The normalized spacial score (nSPS) is 11.2. The van der Waals surface area contributed by atoms with E-state index >= 15 is 0 Å². The van der Waals surface area contributed by atoms with Gasteiger partial charge < -0.3 is 10.4 Å². The molecule has 0 atom stereocenters. The summed E-state index contributed by atoms with van der Waals surface area (Å²) in [7, 11) is 1.68. The largest absolute Gasteiger partial charge is 0.331 e. The zero-order chi connectivity index (χ0) is 9.97. The monoisotopic (exact) mass is 190 g/mol. The van der Waals surface area contributed by atoms with Gasteiger partial charge in [0.25, 0.3) is 0 Å². The van der Waals surface area contributed by atoms with Crippen LogP contribution in [0, 0.1) is 0 Å². The molecule has 0 saturated carbocycles. The van der Waals surface area contributed by atoms with Gasteiger partial charge in [-0.05, 0) is 12.1 Å². The summed E-state index contributed by atoms with van der Waals surface area (Å²) >= 11 is 0. The molecule has 0 aliphatic heterocycles. The Hall–Kier alpha value is -2.04. The highest BCUT2D eigenvalue weighted by Crippen LogP contribution is 2.06. The summed E-state index contributed by atoms with van der Waals surface area (Å²) in [5, 5.41) is 3.79. The van der Waals surface area contributed by atoms with Gasteiger partial charge in [-0.3, -0.25) is 0 Å². The van der Waals surface area contributed by atoms with Crippen LogP contribution in [0.3, 0.4) is 0 Å². The summed E-state index contributed by atoms with van der Waals surface area (Å²) in [6.07, 6.45) is 1.45. The maximum Gasteiger partial charge on any atom is 0.331 e. The Bertz CT molecular complexity index is 523. The molecular formula is C9H10N4O. The van der Waals surface area contributed by atoms with Crippen LogP contribution in [0.1, 0.15) is 0 Å². The van der Waals surface area contributed by atoms with E-state index in [1.54, 1.807) is 7.05 Å². The first-order chi connectivity index (χ1) is 6.83. The van der Waals surface area contributed by atoms with E-state index < -0.39 is 0 Å². The number of benzene rings is 1. The fraction of sp³-hybridized carbons (Fsp3) is 0.111. The van der Waals surface area contributed by atoms with Crippen LogP contribution in [0.25, 0.3) is 11.0 Å². The van der Waals surface area contributed by atoms with Crippen molar-refractivity contribution in [3.05, 3.63) is 34.7 Å². The van der Waals surface area contributed by atoms with E-state index in [1.165, 1.54) is 10.9 Å². The summed E-state index contributed by atoms with van der Waals surface area (Å²) in [4.78, 5) is 14.2. The van der Waals surface area contributed by atoms with Gasteiger partial charge in [0.1, 0.15) is 6.34 Å². The highest BCUT2D eigenvalue weighted by atomic mass is 16.1. The third-order valence-corrected chi connectivity index (χ3v) is 1.93. The number of aromatic amines is 1. The number of para-hydroxylation sites is 2. The van der Waals surface area contributed by atoms with Crippen LogP contribution in [0.2, 0.25) is 0 Å². The first kappa shape index (κ1) is 8.55. The molecule has 72 valence electrons. The Kier molecular flexibility index (Phi) is 2.06. The van der Waals surface area contributed by atoms with Crippen molar-refractivity contribution in [1.29, 1.82) is 0 Å². The number of hydrogen-bond donors (Lipinski definition) is 2. The number of hydrogen-bond acceptors (Lipinski definition) is 3. The molecule has 0 radical (unpaired) electrons. The van der Waals surface area contributed by atoms with Crippen molar-refractivity contribution in [1.82, 2.24) is 15.0 Å². The lowest BCUT2D eigenvalue weighted by Gasteiger charge is -1.92. The third kappa shape index (κ3) is 1.28. The number of hydrazone groups is 1. The molecule has 5 heteroatoms. The predicted molar refractivity (Wildman–Crippen MR) is 55.5 cm³/mol. The first-order valence-corrected chi connectivity index (χ1v) is 4.22. The Balaban J connectivity index is 2.68. The van der Waals surface area contributed by atoms with Crippen molar-refractivity contribution < 1.29 is 0 Å². The van der Waals surface area contributed by atoms with Crippen LogP contribution >= 0.6 is 0 Å². The lowest BCUT2D eigenvalue weighted by atomic mass is 10.3. The molecule has 0 aliphatic carbocycles. The van der Waals surface area contributed by atoms with E-state index in [-0.39, 0.29) is 5.69 Å². The number of nitrogens with one attached hydrogen (secondary N) is 2. The minimum Gasteiger partial charge on any atom is -0.312 e. The molecule has 1 heterocycles. The molecule has 5 nitrogen and oxygen atoms in total. The highest BCUT2D eigenvalue weighted by molar-refractivity contribution is 5.82. The van der Waals surface area contributed by atoms with Crippen LogP contribution in [0.15, 0.2) is 34.2 Å². The second-order valence-corrected chi connectivity index (χ2v) is 2.79. The molecule has 0 unspecified atom stereocenters. The molecule has 0 fully saturated rings. The summed E-state index contributed by atoms with van der Waals surface area (Å²) in [5.74, 6) is 0. The molecule has 2 rings (SSSR count). The molecule has 1 aromatic carbocycles. The highest BCUT2D eigenvalue weighted by Gasteiger charge is 2.02. The third-order valence-electron chi connectivity index (χ3n) is 1.93. The molecule has 0 spiro atoms. The minimum absolute atomic E-state index is 0.190. The average Bonchev–Trinajstić information content (AvgIpc) is 2.51. The molecule has 2 aromatic rings. The summed E-state index contributed by atoms with van der Waals surface area (Å²) < 4.78 is 1.45. The average molecular weight is 190 g/mol. The lowest BCUT2D eigenvalue weighted by Crippen LogP contribution is -2.17. The van der Waals surface area contributed by atoms with Crippen LogP contribution in [0.5, 0.6) is 0 Å². The number of H-pyrrole nitrogens is 1. The molecule has 0 saturated heterocycles.